The number of benzene rings is 1. The first-order chi connectivity index (χ1) is 9.90. The molecule has 21 heavy (non-hydrogen) atoms. The van der Waals surface area contributed by atoms with Gasteiger partial charge in [0.15, 0.2) is 0 Å². The molecular weight excluding hydrogens is 272 g/mol. The summed E-state index contributed by atoms with van der Waals surface area (Å²) in [5.74, 6) is -1.07. The highest BCUT2D eigenvalue weighted by atomic mass is 16.4. The quantitative estimate of drug-likeness (QED) is 0.875. The third kappa shape index (κ3) is 3.26. The number of carboxylic acids is 1. The van der Waals surface area contributed by atoms with Crippen molar-refractivity contribution in [1.29, 1.82) is 0 Å². The van der Waals surface area contributed by atoms with Gasteiger partial charge in [0.05, 0.1) is 5.92 Å². The number of hydrogen-bond acceptors (Lipinski definition) is 3. The average molecular weight is 292 g/mol. The lowest BCUT2D eigenvalue weighted by Gasteiger charge is -2.38. The minimum Gasteiger partial charge on any atom is -0.508 e. The number of piperidine rings is 1. The number of hydrogen-bond donors (Lipinski definition) is 2. The van der Waals surface area contributed by atoms with Crippen LogP contribution in [0.3, 0.4) is 0 Å². The van der Waals surface area contributed by atoms with Crippen LogP contribution < -0.4 is 4.90 Å². The lowest BCUT2D eigenvalue weighted by atomic mass is 9.92. The van der Waals surface area contributed by atoms with Crippen molar-refractivity contribution in [3.63, 3.8) is 0 Å². The minimum atomic E-state index is -0.796. The van der Waals surface area contributed by atoms with E-state index in [0.717, 1.165) is 0 Å². The van der Waals surface area contributed by atoms with Gasteiger partial charge >= 0.3 is 12.0 Å². The van der Waals surface area contributed by atoms with Crippen LogP contribution in [-0.2, 0) is 4.79 Å². The average Bonchev–Trinajstić information content (AvgIpc) is 2.45. The van der Waals surface area contributed by atoms with Crippen molar-refractivity contribution in [2.45, 2.75) is 25.8 Å². The van der Waals surface area contributed by atoms with Crippen LogP contribution in [0.1, 0.15) is 19.8 Å². The number of phenols is 1. The number of carbonyl (C=O) groups is 2. The standard InChI is InChI=1S/C15H20N2O4/c1-10-8-11(14(19)20)6-7-17(10)15(21)16(2)12-4-3-5-13(18)9-12/h3-5,9-11,18H,6-8H2,1-2H3,(H,19,20). The molecule has 0 saturated carbocycles. The van der Waals surface area contributed by atoms with E-state index in [-0.39, 0.29) is 23.7 Å². The number of rotatable bonds is 2. The number of amides is 2. The lowest BCUT2D eigenvalue weighted by molar-refractivity contribution is -0.143. The van der Waals surface area contributed by atoms with E-state index in [1.807, 2.05) is 6.92 Å². The topological polar surface area (TPSA) is 81.1 Å². The van der Waals surface area contributed by atoms with Crippen molar-refractivity contribution in [3.8, 4) is 5.75 Å². The van der Waals surface area contributed by atoms with Crippen molar-refractivity contribution >= 4 is 17.7 Å². The third-order valence-electron chi connectivity index (χ3n) is 3.98. The first-order valence-corrected chi connectivity index (χ1v) is 6.96. The molecule has 2 amide bonds. The van der Waals surface area contributed by atoms with Gasteiger partial charge in [0.2, 0.25) is 0 Å². The highest BCUT2D eigenvalue weighted by Gasteiger charge is 2.33. The van der Waals surface area contributed by atoms with Gasteiger partial charge in [-0.1, -0.05) is 6.07 Å². The number of nitrogens with zero attached hydrogens (tertiary/aromatic N) is 2. The maximum Gasteiger partial charge on any atom is 0.324 e. The number of anilines is 1. The molecule has 1 aromatic rings. The molecule has 1 fully saturated rings. The van der Waals surface area contributed by atoms with Crippen molar-refractivity contribution < 1.29 is 19.8 Å². The molecule has 6 heteroatoms. The number of urea groups is 1. The van der Waals surface area contributed by atoms with E-state index in [1.54, 1.807) is 30.1 Å². The Balaban J connectivity index is 2.08. The zero-order valence-electron chi connectivity index (χ0n) is 12.2. The van der Waals surface area contributed by atoms with Crippen LogP contribution in [0.4, 0.5) is 10.5 Å². The second-order valence-corrected chi connectivity index (χ2v) is 5.46. The highest BCUT2D eigenvalue weighted by molar-refractivity contribution is 5.92. The third-order valence-corrected chi connectivity index (χ3v) is 3.98. The van der Waals surface area contributed by atoms with E-state index in [9.17, 15) is 14.7 Å². The Morgan fingerprint density at radius 1 is 1.38 bits per heavy atom. The molecule has 1 aromatic carbocycles. The summed E-state index contributed by atoms with van der Waals surface area (Å²) in [5.41, 5.74) is 0.604. The van der Waals surface area contributed by atoms with Gasteiger partial charge in [0.25, 0.3) is 0 Å². The van der Waals surface area contributed by atoms with Crippen LogP contribution in [0.2, 0.25) is 0 Å². The SMILES string of the molecule is CC1CC(C(=O)O)CCN1C(=O)N(C)c1cccc(O)c1. The minimum absolute atomic E-state index is 0.102. The van der Waals surface area contributed by atoms with E-state index in [2.05, 4.69) is 0 Å². The van der Waals surface area contributed by atoms with Gasteiger partial charge in [-0.2, -0.15) is 0 Å². The van der Waals surface area contributed by atoms with Gasteiger partial charge in [-0.3, -0.25) is 9.69 Å². The molecule has 1 aliphatic rings. The van der Waals surface area contributed by atoms with Crippen molar-refractivity contribution in [1.82, 2.24) is 4.90 Å². The molecule has 2 N–H and O–H groups in total. The highest BCUT2D eigenvalue weighted by Crippen LogP contribution is 2.26. The molecular formula is C15H20N2O4. The largest absolute Gasteiger partial charge is 0.508 e. The lowest BCUT2D eigenvalue weighted by Crippen LogP contribution is -2.50. The van der Waals surface area contributed by atoms with Crippen molar-refractivity contribution in [2.75, 3.05) is 18.5 Å². The fourth-order valence-corrected chi connectivity index (χ4v) is 2.69. The Kier molecular flexibility index (Phi) is 4.35. The maximum absolute atomic E-state index is 12.5. The number of carbonyl (C=O) groups excluding carboxylic acids is 1. The van der Waals surface area contributed by atoms with Gasteiger partial charge in [-0.15, -0.1) is 0 Å². The second-order valence-electron chi connectivity index (χ2n) is 5.46. The number of likely N-dealkylation sites (tertiary alicyclic amines) is 1. The fraction of sp³-hybridized carbons (Fsp3) is 0.467. The summed E-state index contributed by atoms with van der Waals surface area (Å²) in [5, 5.41) is 18.5. The fourth-order valence-electron chi connectivity index (χ4n) is 2.69. The Labute approximate surface area is 123 Å². The van der Waals surface area contributed by atoms with Gasteiger partial charge in [-0.25, -0.2) is 4.79 Å². The smallest absolute Gasteiger partial charge is 0.324 e. The molecule has 0 aromatic heterocycles. The summed E-state index contributed by atoms with van der Waals surface area (Å²) in [6, 6.07) is 6.18. The predicted molar refractivity (Wildman–Crippen MR) is 78.4 cm³/mol. The summed E-state index contributed by atoms with van der Waals surface area (Å²) in [6.07, 6.45) is 0.939. The Hall–Kier alpha value is -2.24. The predicted octanol–water partition coefficient (Wildman–Crippen LogP) is 2.13. The molecule has 2 unspecified atom stereocenters. The molecule has 2 atom stereocenters. The van der Waals surface area contributed by atoms with E-state index >= 15 is 0 Å². The number of phenolic OH excluding ortho intramolecular Hbond substituents is 1. The van der Waals surface area contributed by atoms with Crippen LogP contribution in [0.25, 0.3) is 0 Å². The summed E-state index contributed by atoms with van der Waals surface area (Å²) in [7, 11) is 1.65. The number of carboxylic acid groups (broad SMARTS) is 1. The number of aromatic hydroxyl groups is 1. The maximum atomic E-state index is 12.5. The van der Waals surface area contributed by atoms with Crippen LogP contribution >= 0.6 is 0 Å². The van der Waals surface area contributed by atoms with Gasteiger partial charge in [0, 0.05) is 31.4 Å². The molecule has 2 rings (SSSR count). The van der Waals surface area contributed by atoms with Crippen molar-refractivity contribution in [3.05, 3.63) is 24.3 Å². The molecule has 1 heterocycles. The summed E-state index contributed by atoms with van der Waals surface area (Å²) < 4.78 is 0. The normalized spacial score (nSPS) is 21.9. The molecule has 0 aliphatic carbocycles. The van der Waals surface area contributed by atoms with Gasteiger partial charge in [0.1, 0.15) is 5.75 Å². The van der Waals surface area contributed by atoms with E-state index in [0.29, 0.717) is 25.1 Å². The molecule has 0 bridgehead atoms. The molecule has 114 valence electrons. The van der Waals surface area contributed by atoms with E-state index in [4.69, 9.17) is 5.11 Å². The molecule has 1 saturated heterocycles. The molecule has 6 nitrogen and oxygen atoms in total. The Morgan fingerprint density at radius 2 is 2.10 bits per heavy atom. The molecule has 0 radical (unpaired) electrons. The molecule has 0 spiro atoms. The van der Waals surface area contributed by atoms with Crippen LogP contribution in [0.5, 0.6) is 5.75 Å². The van der Waals surface area contributed by atoms with Gasteiger partial charge < -0.3 is 15.1 Å². The number of aliphatic carboxylic acids is 1. The molecule has 1 aliphatic heterocycles. The van der Waals surface area contributed by atoms with Crippen molar-refractivity contribution in [2.24, 2.45) is 5.92 Å². The zero-order valence-corrected chi connectivity index (χ0v) is 12.2. The van der Waals surface area contributed by atoms with E-state index in [1.165, 1.54) is 11.0 Å². The van der Waals surface area contributed by atoms with Gasteiger partial charge in [-0.05, 0) is 31.9 Å². The van der Waals surface area contributed by atoms with Crippen LogP contribution in [0, 0.1) is 5.92 Å². The summed E-state index contributed by atoms with van der Waals surface area (Å²) in [4.78, 5) is 26.7. The van der Waals surface area contributed by atoms with Crippen LogP contribution in [-0.4, -0.2) is 46.7 Å². The summed E-state index contributed by atoms with van der Waals surface area (Å²) >= 11 is 0. The summed E-state index contributed by atoms with van der Waals surface area (Å²) in [6.45, 7) is 2.30. The first kappa shape index (κ1) is 15.2. The monoisotopic (exact) mass is 292 g/mol. The second kappa shape index (κ2) is 6.03. The zero-order chi connectivity index (χ0) is 15.6. The van der Waals surface area contributed by atoms with E-state index < -0.39 is 5.97 Å². The Morgan fingerprint density at radius 3 is 2.67 bits per heavy atom. The Bertz CT molecular complexity index is 546. The van der Waals surface area contributed by atoms with Crippen LogP contribution in [0.15, 0.2) is 24.3 Å². The first-order valence-electron chi connectivity index (χ1n) is 6.96.